The van der Waals surface area contributed by atoms with Crippen LogP contribution in [0.2, 0.25) is 0 Å². The minimum Gasteiger partial charge on any atom is -0.339 e. The van der Waals surface area contributed by atoms with Gasteiger partial charge in [0.2, 0.25) is 0 Å². The zero-order valence-electron chi connectivity index (χ0n) is 11.6. The molecular weight excluding hydrogens is 325 g/mol. The SMILES string of the molecule is CC(=C(F)C(=O)N(C)CCc1ncc(Br)cn1)C1CC1. The highest BCUT2D eigenvalue weighted by atomic mass is 79.9. The van der Waals surface area contributed by atoms with Gasteiger partial charge in [0, 0.05) is 32.4 Å². The molecule has 0 spiro atoms. The van der Waals surface area contributed by atoms with E-state index in [1.54, 1.807) is 26.4 Å². The molecule has 6 heteroatoms. The number of hydrogen-bond donors (Lipinski definition) is 0. The van der Waals surface area contributed by atoms with Crippen LogP contribution in [0, 0.1) is 5.92 Å². The van der Waals surface area contributed by atoms with Crippen LogP contribution >= 0.6 is 15.9 Å². The summed E-state index contributed by atoms with van der Waals surface area (Å²) in [5, 5.41) is 0. The number of aromatic nitrogens is 2. The molecule has 4 nitrogen and oxygen atoms in total. The van der Waals surface area contributed by atoms with Crippen molar-refractivity contribution in [2.24, 2.45) is 5.92 Å². The summed E-state index contributed by atoms with van der Waals surface area (Å²) in [6.45, 7) is 2.10. The Kier molecular flexibility index (Phi) is 4.86. The Hall–Kier alpha value is -1.30. The van der Waals surface area contributed by atoms with E-state index in [1.807, 2.05) is 0 Å². The third-order valence-electron chi connectivity index (χ3n) is 3.42. The van der Waals surface area contributed by atoms with Gasteiger partial charge >= 0.3 is 0 Å². The van der Waals surface area contributed by atoms with Gasteiger partial charge in [0.15, 0.2) is 5.83 Å². The van der Waals surface area contributed by atoms with E-state index in [-0.39, 0.29) is 5.92 Å². The van der Waals surface area contributed by atoms with Crippen LogP contribution in [0.4, 0.5) is 4.39 Å². The monoisotopic (exact) mass is 341 g/mol. The van der Waals surface area contributed by atoms with Gasteiger partial charge in [-0.1, -0.05) is 0 Å². The Morgan fingerprint density at radius 3 is 2.60 bits per heavy atom. The molecule has 108 valence electrons. The number of carbonyl (C=O) groups excluding carboxylic acids is 1. The van der Waals surface area contributed by atoms with Gasteiger partial charge in [0.1, 0.15) is 5.82 Å². The number of amides is 1. The van der Waals surface area contributed by atoms with Crippen molar-refractivity contribution in [2.75, 3.05) is 13.6 Å². The lowest BCUT2D eigenvalue weighted by atomic mass is 10.1. The second-order valence-corrected chi connectivity index (χ2v) is 5.98. The van der Waals surface area contributed by atoms with E-state index >= 15 is 0 Å². The van der Waals surface area contributed by atoms with Crippen LogP contribution in [0.25, 0.3) is 0 Å². The maximum Gasteiger partial charge on any atom is 0.282 e. The molecule has 1 fully saturated rings. The van der Waals surface area contributed by atoms with Crippen molar-refractivity contribution in [3.05, 3.63) is 34.1 Å². The van der Waals surface area contributed by atoms with Crippen molar-refractivity contribution in [1.82, 2.24) is 14.9 Å². The number of nitrogens with zero attached hydrogens (tertiary/aromatic N) is 3. The van der Waals surface area contributed by atoms with Crippen LogP contribution in [0.1, 0.15) is 25.6 Å². The predicted octanol–water partition coefficient (Wildman–Crippen LogP) is 2.89. The van der Waals surface area contributed by atoms with Crippen molar-refractivity contribution in [3.8, 4) is 0 Å². The van der Waals surface area contributed by atoms with Crippen LogP contribution in [0.3, 0.4) is 0 Å². The van der Waals surface area contributed by atoms with Gasteiger partial charge in [-0.2, -0.15) is 0 Å². The minimum atomic E-state index is -0.605. The summed E-state index contributed by atoms with van der Waals surface area (Å²) in [5.41, 5.74) is 0.585. The van der Waals surface area contributed by atoms with Crippen molar-refractivity contribution in [1.29, 1.82) is 0 Å². The Morgan fingerprint density at radius 1 is 1.45 bits per heavy atom. The molecule has 0 unspecified atom stereocenters. The van der Waals surface area contributed by atoms with Crippen molar-refractivity contribution in [3.63, 3.8) is 0 Å². The van der Waals surface area contributed by atoms with Crippen LogP contribution in [0.5, 0.6) is 0 Å². The smallest absolute Gasteiger partial charge is 0.282 e. The minimum absolute atomic E-state index is 0.266. The van der Waals surface area contributed by atoms with Crippen molar-refractivity contribution in [2.45, 2.75) is 26.2 Å². The molecule has 0 aromatic carbocycles. The van der Waals surface area contributed by atoms with Gasteiger partial charge in [0.05, 0.1) is 4.47 Å². The molecule has 1 aromatic heterocycles. The first-order chi connectivity index (χ1) is 9.49. The third-order valence-corrected chi connectivity index (χ3v) is 3.82. The molecule has 0 N–H and O–H groups in total. The van der Waals surface area contributed by atoms with Crippen LogP contribution in [-0.2, 0) is 11.2 Å². The highest BCUT2D eigenvalue weighted by Gasteiger charge is 2.29. The van der Waals surface area contributed by atoms with E-state index in [9.17, 15) is 9.18 Å². The molecule has 2 rings (SSSR count). The fourth-order valence-corrected chi connectivity index (χ4v) is 2.07. The van der Waals surface area contributed by atoms with E-state index in [4.69, 9.17) is 0 Å². The van der Waals surface area contributed by atoms with Gasteiger partial charge < -0.3 is 4.90 Å². The summed E-state index contributed by atoms with van der Waals surface area (Å²) in [6, 6.07) is 0. The van der Waals surface area contributed by atoms with Gasteiger partial charge in [-0.3, -0.25) is 4.79 Å². The summed E-state index contributed by atoms with van der Waals surface area (Å²) in [7, 11) is 1.60. The summed E-state index contributed by atoms with van der Waals surface area (Å²) in [4.78, 5) is 21.6. The average Bonchev–Trinajstić information content (AvgIpc) is 3.28. The second kappa shape index (κ2) is 6.43. The lowest BCUT2D eigenvalue weighted by Gasteiger charge is -2.16. The van der Waals surface area contributed by atoms with Gasteiger partial charge in [-0.25, -0.2) is 14.4 Å². The van der Waals surface area contributed by atoms with E-state index < -0.39 is 11.7 Å². The quantitative estimate of drug-likeness (QED) is 0.773. The molecule has 0 aliphatic heterocycles. The van der Waals surface area contributed by atoms with Crippen LogP contribution in [0.15, 0.2) is 28.3 Å². The number of allylic oxidation sites excluding steroid dienone is 1. The van der Waals surface area contributed by atoms with E-state index in [1.165, 1.54) is 4.90 Å². The molecular formula is C14H17BrFN3O. The lowest BCUT2D eigenvalue weighted by molar-refractivity contribution is -0.127. The fourth-order valence-electron chi connectivity index (χ4n) is 1.87. The first-order valence-corrected chi connectivity index (χ1v) is 7.36. The highest BCUT2D eigenvalue weighted by Crippen LogP contribution is 2.38. The summed E-state index contributed by atoms with van der Waals surface area (Å²) >= 11 is 3.26. The molecule has 0 radical (unpaired) electrons. The average molecular weight is 342 g/mol. The Morgan fingerprint density at radius 2 is 2.05 bits per heavy atom. The fraction of sp³-hybridized carbons (Fsp3) is 0.500. The first-order valence-electron chi connectivity index (χ1n) is 6.57. The molecule has 1 saturated carbocycles. The number of carbonyl (C=O) groups is 1. The van der Waals surface area contributed by atoms with E-state index in [2.05, 4.69) is 25.9 Å². The number of halogens is 2. The van der Waals surface area contributed by atoms with Crippen molar-refractivity contribution < 1.29 is 9.18 Å². The summed E-state index contributed by atoms with van der Waals surface area (Å²) in [6.07, 6.45) is 5.79. The zero-order chi connectivity index (χ0) is 14.7. The third kappa shape index (κ3) is 3.85. The molecule has 1 heterocycles. The van der Waals surface area contributed by atoms with E-state index in [0.717, 1.165) is 17.3 Å². The number of rotatable bonds is 5. The van der Waals surface area contributed by atoms with Crippen LogP contribution < -0.4 is 0 Å². The standard InChI is InChI=1S/C14H17BrFN3O/c1-9(10-3-4-10)13(16)14(20)19(2)6-5-12-17-7-11(15)8-18-12/h7-8,10H,3-6H2,1-2H3. The largest absolute Gasteiger partial charge is 0.339 e. The van der Waals surface area contributed by atoms with Gasteiger partial charge in [-0.15, -0.1) is 0 Å². The van der Waals surface area contributed by atoms with Crippen LogP contribution in [-0.4, -0.2) is 34.4 Å². The maximum absolute atomic E-state index is 14.0. The highest BCUT2D eigenvalue weighted by molar-refractivity contribution is 9.10. The molecule has 20 heavy (non-hydrogen) atoms. The molecule has 1 aromatic rings. The molecule has 0 atom stereocenters. The Balaban J connectivity index is 1.91. The maximum atomic E-state index is 14.0. The Labute approximate surface area is 126 Å². The second-order valence-electron chi connectivity index (χ2n) is 5.07. The predicted molar refractivity (Wildman–Crippen MR) is 77.6 cm³/mol. The van der Waals surface area contributed by atoms with Gasteiger partial charge in [-0.05, 0) is 47.2 Å². The molecule has 1 aliphatic carbocycles. The Bertz CT molecular complexity index is 526. The number of hydrogen-bond acceptors (Lipinski definition) is 3. The molecule has 1 amide bonds. The molecule has 1 aliphatic rings. The summed E-state index contributed by atoms with van der Waals surface area (Å²) in [5.74, 6) is -0.253. The molecule has 0 bridgehead atoms. The van der Waals surface area contributed by atoms with Gasteiger partial charge in [0.25, 0.3) is 5.91 Å². The molecule has 0 saturated heterocycles. The lowest BCUT2D eigenvalue weighted by Crippen LogP contribution is -2.30. The first kappa shape index (κ1) is 15.1. The van der Waals surface area contributed by atoms with Crippen molar-refractivity contribution >= 4 is 21.8 Å². The number of likely N-dealkylation sites (N-methyl/N-ethyl adjacent to an activating group) is 1. The topological polar surface area (TPSA) is 46.1 Å². The normalized spacial score (nSPS) is 15.8. The zero-order valence-corrected chi connectivity index (χ0v) is 13.2. The van der Waals surface area contributed by atoms with E-state index in [0.29, 0.717) is 24.4 Å². The summed E-state index contributed by atoms with van der Waals surface area (Å²) < 4.78 is 14.8.